The fraction of sp³-hybridized carbons (Fsp3) is 0.753. The zero-order valence-corrected chi connectivity index (χ0v) is 71.5. The van der Waals surface area contributed by atoms with Crippen molar-refractivity contribution >= 4 is 29.8 Å². The number of fused-ring (bicyclic) bond motifs is 10. The van der Waals surface area contributed by atoms with E-state index in [2.05, 4.69) is 85.0 Å². The van der Waals surface area contributed by atoms with Gasteiger partial charge in [0.25, 0.3) is 0 Å². The molecule has 0 aromatic rings. The smallest absolute Gasteiger partial charge is 0 e. The van der Waals surface area contributed by atoms with Crippen molar-refractivity contribution in [1.82, 2.24) is 0 Å². The first-order valence-electron chi connectivity index (χ1n) is 39.2. The standard InChI is InChI=1S/C79H114O25.6CO.2Co/c1-39-30-54-56(33-60-67(99-54)41(3)69(91-44(6)81)71-68(100-60)40(2)42(4)79(104-71)36-45(37-89-79)90-43(5)80)96-58-35-64-78(16,103-59(58)31-39)63(82)34-57-47(97-64)24-21-20-23-46-49(94-57)26-27-51-50(92-46)28-29-52-55(93-51)32-61-70(98-52)66(84)65(83)53(95-61)25-19-17-18-22-48(101-73(86)76(10,11)12)62(102-74(87)77(13,14)15)38-88-72(85)75(7,8)9;6*1-2;;/h18,20-22,26-29,39-42,45-71,82-84H,23-25,30-38H2,1-16H3;;;;;;;;/b19-17?,21-20-,22-18+;;;;;;;;/t39-,40+,41-,42+,45+,46-,47+,48?,49+,50+,51-,52-,53+,54+,55+,56-,57-,58+,59-,60+,61-,62-,63-,64-,65+,66-,67-,68-,69+,70-,71-,78+,79-;;;;;;;;/m1......../s1. The van der Waals surface area contributed by atoms with Gasteiger partial charge in [0.05, 0.1) is 114 Å². The second-order valence-electron chi connectivity index (χ2n) is 34.7. The molecule has 31 nitrogen and oxygen atoms in total. The molecule has 1 unspecified atom stereocenters. The van der Waals surface area contributed by atoms with Crippen LogP contribution in [0.1, 0.15) is 175 Å². The van der Waals surface area contributed by atoms with Crippen molar-refractivity contribution in [1.29, 1.82) is 0 Å². The number of carbonyl (C=O) groups is 5. The molecule has 0 aromatic carbocycles. The number of ether oxygens (including phenoxy) is 17. The van der Waals surface area contributed by atoms with E-state index < -0.39 is 217 Å². The summed E-state index contributed by atoms with van der Waals surface area (Å²) < 4.78 is 158. The summed E-state index contributed by atoms with van der Waals surface area (Å²) in [5, 5.41) is 35.7. The maximum atomic E-state index is 13.3. The Kier molecular flexibility index (Phi) is 41.5. The Labute approximate surface area is 712 Å². The van der Waals surface area contributed by atoms with Gasteiger partial charge in [-0.1, -0.05) is 70.2 Å². The summed E-state index contributed by atoms with van der Waals surface area (Å²) in [4.78, 5) is 64.5. The van der Waals surface area contributed by atoms with Gasteiger partial charge < -0.3 is 95.8 Å². The van der Waals surface area contributed by atoms with E-state index in [1.54, 1.807) is 62.3 Å². The van der Waals surface area contributed by atoms with Gasteiger partial charge in [-0.3, -0.25) is 24.0 Å². The SMILES string of the molecule is CC(=O)O[C@@H]1CO[C@]2(C1)O[C@@H]1[C@H](O[C@H]3C[C@H]4O[C@H]5C[C@H]6O[C@H]7C/C=C\C[C@H]8O[C@H]9C=C[C@H]%10O[C@H]%11[C@H](O)[C@@H](O)[C@H](C[C]=[C]/C=C/C(OC(=O)C(C)(C)C)[C@@H](COC(=O)C(C)(C)C)OC(=O)C(C)(C)C)O[C@@H]%11C[C@@H]%10O[C@@H]9C=C[C@@H]8O[C@@H]7C[C@@H](O)[C@]6(C)O[C@@H]5C[C@H](C)C[C@@H]4O[C@@H]3[C@@H](C)[C@@H]1OC(C)=O)[C@@H](C)[C@@H]2C.[C-]#[O+].[C-]#[O+].[C-]#[O+].[C-]#[O+].[C-]#[O+].[C-]#[O+].[Co].[Co]. The van der Waals surface area contributed by atoms with Gasteiger partial charge in [-0.15, -0.1) is 0 Å². The zero-order chi connectivity index (χ0) is 86.9. The number of rotatable bonds is 11. The van der Waals surface area contributed by atoms with Crippen molar-refractivity contribution in [3.63, 3.8) is 0 Å². The minimum atomic E-state index is -1.36. The monoisotopic (exact) mass is 1750 g/mol. The molecule has 0 saturated carbocycles. The molecule has 118 heavy (non-hydrogen) atoms. The molecular formula is C85H114Co2O31. The summed E-state index contributed by atoms with van der Waals surface area (Å²) in [5.74, 6) is -4.19. The summed E-state index contributed by atoms with van der Waals surface area (Å²) in [6.45, 7) is 55.1. The Morgan fingerprint density at radius 2 is 1.03 bits per heavy atom. The molecule has 0 aromatic heterocycles. The van der Waals surface area contributed by atoms with E-state index in [1.165, 1.54) is 26.0 Å². The van der Waals surface area contributed by atoms with Crippen LogP contribution >= 0.6 is 0 Å². The molecule has 12 heterocycles. The van der Waals surface area contributed by atoms with Gasteiger partial charge in [-0.25, -0.2) is 0 Å². The van der Waals surface area contributed by atoms with Crippen LogP contribution in [0.4, 0.5) is 0 Å². The van der Waals surface area contributed by atoms with Crippen LogP contribution in [0.5, 0.6) is 0 Å². The van der Waals surface area contributed by atoms with Crippen LogP contribution in [0.15, 0.2) is 48.6 Å². The van der Waals surface area contributed by atoms with Crippen LogP contribution in [-0.4, -0.2) is 235 Å². The Morgan fingerprint density at radius 1 is 0.525 bits per heavy atom. The molecule has 9 saturated heterocycles. The van der Waals surface area contributed by atoms with Gasteiger partial charge in [0.1, 0.15) is 73.2 Å². The molecule has 0 bridgehead atoms. The number of aliphatic hydroxyl groups excluding tert-OH is 3. The molecule has 12 aliphatic heterocycles. The Hall–Kier alpha value is -5.10. The molecule has 33 heteroatoms. The summed E-state index contributed by atoms with van der Waals surface area (Å²) >= 11 is 0. The third-order valence-corrected chi connectivity index (χ3v) is 23.3. The minimum absolute atomic E-state index is 0. The van der Waals surface area contributed by atoms with E-state index in [-0.39, 0.29) is 88.9 Å². The van der Waals surface area contributed by atoms with Crippen LogP contribution in [0.25, 0.3) is 0 Å². The molecule has 0 amide bonds. The van der Waals surface area contributed by atoms with Crippen LogP contribution < -0.4 is 0 Å². The normalized spacial score (nSPS) is 40.0. The summed E-state index contributed by atoms with van der Waals surface area (Å²) in [6.07, 6.45) is 6.42. The molecule has 12 aliphatic rings. The van der Waals surface area contributed by atoms with E-state index >= 15 is 0 Å². The van der Waals surface area contributed by atoms with Crippen molar-refractivity contribution in [3.8, 4) is 0 Å². The van der Waals surface area contributed by atoms with E-state index in [0.717, 1.165) is 0 Å². The fourth-order valence-corrected chi connectivity index (χ4v) is 17.1. The third-order valence-electron chi connectivity index (χ3n) is 23.3. The summed E-state index contributed by atoms with van der Waals surface area (Å²) in [6, 6.07) is 0. The average molecular weight is 1750 g/mol. The van der Waals surface area contributed by atoms with Gasteiger partial charge in [-0.05, 0) is 125 Å². The van der Waals surface area contributed by atoms with Crippen molar-refractivity contribution in [2.24, 2.45) is 39.9 Å². The van der Waals surface area contributed by atoms with Gasteiger partial charge in [0.15, 0.2) is 18.0 Å². The Morgan fingerprint density at radius 3 is 1.64 bits per heavy atom. The van der Waals surface area contributed by atoms with E-state index in [1.807, 2.05) is 38.2 Å². The van der Waals surface area contributed by atoms with Crippen LogP contribution in [0, 0.1) is 92.0 Å². The molecule has 4 radical (unpaired) electrons. The molecule has 12 rings (SSSR count). The largest absolute Gasteiger partial charge is 0 e. The van der Waals surface area contributed by atoms with Gasteiger partial charge >= 0.3 is 97.7 Å². The average Bonchev–Trinajstić information content (AvgIpc) is 1.55. The number of aliphatic hydroxyl groups is 3. The molecule has 33 atom stereocenters. The van der Waals surface area contributed by atoms with Crippen LogP contribution in [-0.2, 0) is 166 Å². The first-order valence-corrected chi connectivity index (χ1v) is 39.2. The maximum absolute atomic E-state index is 13.3. The van der Waals surface area contributed by atoms with Crippen molar-refractivity contribution in [3.05, 3.63) is 101 Å². The number of hydrogen-bond acceptors (Lipinski definition) is 25. The number of esters is 5. The van der Waals surface area contributed by atoms with Crippen molar-refractivity contribution in [2.45, 2.75) is 351 Å². The topological polar surface area (TPSA) is 422 Å². The molecule has 9 fully saturated rings. The fourth-order valence-electron chi connectivity index (χ4n) is 17.1. The zero-order valence-electron chi connectivity index (χ0n) is 69.4. The molecular weight excluding hydrogens is 1630 g/mol. The Balaban J connectivity index is 0.00000200. The molecule has 0 aliphatic carbocycles. The predicted octanol–water partition coefficient (Wildman–Crippen LogP) is 7.23. The van der Waals surface area contributed by atoms with Gasteiger partial charge in [-0.2, -0.15) is 0 Å². The number of hydrogen-bond donors (Lipinski definition) is 3. The second kappa shape index (κ2) is 46.6. The van der Waals surface area contributed by atoms with Gasteiger partial charge in [0.2, 0.25) is 0 Å². The molecule has 3 N–H and O–H groups in total. The van der Waals surface area contributed by atoms with Crippen LogP contribution in [0.3, 0.4) is 0 Å². The number of allylic oxidation sites excluding steroid dienone is 2. The second-order valence-corrected chi connectivity index (χ2v) is 34.7. The summed E-state index contributed by atoms with van der Waals surface area (Å²) in [5.41, 5.74) is -3.86. The first kappa shape index (κ1) is 105. The first-order chi connectivity index (χ1) is 55.0. The number of carbonyl (C=O) groups excluding carboxylic acids is 5. The van der Waals surface area contributed by atoms with E-state index in [4.69, 9.17) is 108 Å². The maximum Gasteiger partial charge on any atom is 0 e. The van der Waals surface area contributed by atoms with Crippen LogP contribution in [0.2, 0.25) is 0 Å². The Bertz CT molecular complexity index is 3480. The quantitative estimate of drug-likeness (QED) is 0.0458. The third kappa shape index (κ3) is 25.3. The van der Waals surface area contributed by atoms with E-state index in [0.29, 0.717) is 51.4 Å². The van der Waals surface area contributed by atoms with Crippen molar-refractivity contribution < 1.29 is 181 Å². The van der Waals surface area contributed by atoms with Crippen molar-refractivity contribution in [2.75, 3.05) is 13.2 Å². The summed E-state index contributed by atoms with van der Waals surface area (Å²) in [7, 11) is 0. The molecule has 1 spiro atoms. The van der Waals surface area contributed by atoms with Gasteiger partial charge in [0, 0.05) is 97.8 Å². The minimum Gasteiger partial charge on any atom is 0 e. The molecule has 658 valence electrons. The predicted molar refractivity (Wildman–Crippen MR) is 392 cm³/mol. The van der Waals surface area contributed by atoms with E-state index in [9.17, 15) is 39.3 Å².